The smallest absolute Gasteiger partial charge is 0.242 e. The number of nitrogens with two attached hydrogens (primary N) is 1. The van der Waals surface area contributed by atoms with E-state index >= 15 is 0 Å². The third kappa shape index (κ3) is 4.64. The summed E-state index contributed by atoms with van der Waals surface area (Å²) in [5.74, 6) is -0.0930. The second kappa shape index (κ2) is 6.18. The lowest BCUT2D eigenvalue weighted by molar-refractivity contribution is -0.133. The molecule has 1 heterocycles. The Balaban J connectivity index is 2.35. The number of amides is 2. The quantitative estimate of drug-likeness (QED) is 0.767. The monoisotopic (exact) mass is 255 g/mol. The summed E-state index contributed by atoms with van der Waals surface area (Å²) in [5, 5.41) is 2.69. The van der Waals surface area contributed by atoms with Crippen molar-refractivity contribution < 1.29 is 9.59 Å². The fourth-order valence-corrected chi connectivity index (χ4v) is 2.23. The molecule has 0 aromatic carbocycles. The van der Waals surface area contributed by atoms with Gasteiger partial charge in [-0.3, -0.25) is 9.59 Å². The number of hydrogen-bond acceptors (Lipinski definition) is 3. The predicted octanol–water partition coefficient (Wildman–Crippen LogP) is 0.489. The zero-order chi connectivity index (χ0) is 13.8. The Bertz CT molecular complexity index is 310. The first-order valence-corrected chi connectivity index (χ1v) is 6.60. The van der Waals surface area contributed by atoms with Gasteiger partial charge in [-0.05, 0) is 18.3 Å². The predicted molar refractivity (Wildman–Crippen MR) is 70.9 cm³/mol. The van der Waals surface area contributed by atoms with Crippen LogP contribution in [-0.4, -0.2) is 42.4 Å². The van der Waals surface area contributed by atoms with E-state index in [1.54, 1.807) is 4.90 Å². The number of carbonyl (C=O) groups is 2. The third-order valence-corrected chi connectivity index (χ3v) is 3.10. The van der Waals surface area contributed by atoms with Gasteiger partial charge in [0.25, 0.3) is 0 Å². The van der Waals surface area contributed by atoms with Crippen molar-refractivity contribution in [1.29, 1.82) is 0 Å². The molecular weight excluding hydrogens is 230 g/mol. The fourth-order valence-electron chi connectivity index (χ4n) is 2.23. The molecule has 0 saturated carbocycles. The average molecular weight is 255 g/mol. The fraction of sp³-hybridized carbons (Fsp3) is 0.846. The van der Waals surface area contributed by atoms with Crippen molar-refractivity contribution in [2.24, 2.45) is 11.1 Å². The van der Waals surface area contributed by atoms with Gasteiger partial charge in [0, 0.05) is 25.6 Å². The number of nitrogens with one attached hydrogen (secondary N) is 1. The van der Waals surface area contributed by atoms with Crippen molar-refractivity contribution in [1.82, 2.24) is 10.2 Å². The molecule has 5 nitrogen and oxygen atoms in total. The third-order valence-electron chi connectivity index (χ3n) is 3.10. The molecule has 0 aromatic rings. The lowest BCUT2D eigenvalue weighted by Gasteiger charge is -2.24. The molecule has 0 spiro atoms. The van der Waals surface area contributed by atoms with Gasteiger partial charge < -0.3 is 16.0 Å². The van der Waals surface area contributed by atoms with E-state index in [1.165, 1.54) is 0 Å². The Hall–Kier alpha value is -1.10. The van der Waals surface area contributed by atoms with Crippen molar-refractivity contribution in [2.45, 2.75) is 46.1 Å². The largest absolute Gasteiger partial charge is 0.347 e. The summed E-state index contributed by atoms with van der Waals surface area (Å²) in [5.41, 5.74) is 5.56. The van der Waals surface area contributed by atoms with Crippen LogP contribution in [0, 0.1) is 5.41 Å². The standard InChI is InChI=1S/C13H25N3O2/c1-13(2,3)7-11(17)15-9-12(18)16-6-4-5-10(16)8-14/h10H,4-9,14H2,1-3H3,(H,15,17). The summed E-state index contributed by atoms with van der Waals surface area (Å²) in [6, 6.07) is 0.150. The van der Waals surface area contributed by atoms with Crippen LogP contribution in [0.1, 0.15) is 40.0 Å². The molecule has 1 saturated heterocycles. The van der Waals surface area contributed by atoms with Crippen LogP contribution in [0.2, 0.25) is 0 Å². The van der Waals surface area contributed by atoms with E-state index in [2.05, 4.69) is 5.32 Å². The Morgan fingerprint density at radius 3 is 2.61 bits per heavy atom. The number of nitrogens with zero attached hydrogens (tertiary/aromatic N) is 1. The molecule has 1 atom stereocenters. The summed E-state index contributed by atoms with van der Waals surface area (Å²) >= 11 is 0. The summed E-state index contributed by atoms with van der Waals surface area (Å²) in [6.45, 7) is 7.35. The molecule has 1 aliphatic heterocycles. The molecule has 1 aliphatic rings. The van der Waals surface area contributed by atoms with Crippen LogP contribution in [0.25, 0.3) is 0 Å². The van der Waals surface area contributed by atoms with E-state index in [0.717, 1.165) is 19.4 Å². The second-order valence-electron chi connectivity index (χ2n) is 6.13. The zero-order valence-electron chi connectivity index (χ0n) is 11.7. The highest BCUT2D eigenvalue weighted by Gasteiger charge is 2.27. The summed E-state index contributed by atoms with van der Waals surface area (Å²) in [4.78, 5) is 25.4. The van der Waals surface area contributed by atoms with Crippen molar-refractivity contribution in [3.05, 3.63) is 0 Å². The van der Waals surface area contributed by atoms with Crippen LogP contribution in [0.4, 0.5) is 0 Å². The molecule has 0 aliphatic carbocycles. The van der Waals surface area contributed by atoms with E-state index in [0.29, 0.717) is 13.0 Å². The number of rotatable bonds is 4. The maximum Gasteiger partial charge on any atom is 0.242 e. The SMILES string of the molecule is CC(C)(C)CC(=O)NCC(=O)N1CCCC1CN. The molecule has 3 N–H and O–H groups in total. The van der Waals surface area contributed by atoms with Gasteiger partial charge >= 0.3 is 0 Å². The van der Waals surface area contributed by atoms with Crippen LogP contribution in [0.5, 0.6) is 0 Å². The van der Waals surface area contributed by atoms with Gasteiger partial charge in [0.2, 0.25) is 11.8 Å². The van der Waals surface area contributed by atoms with E-state index in [9.17, 15) is 9.59 Å². The maximum absolute atomic E-state index is 11.9. The number of hydrogen-bond donors (Lipinski definition) is 2. The zero-order valence-corrected chi connectivity index (χ0v) is 11.7. The molecular formula is C13H25N3O2. The van der Waals surface area contributed by atoms with E-state index in [4.69, 9.17) is 5.73 Å². The van der Waals surface area contributed by atoms with E-state index in [-0.39, 0.29) is 29.8 Å². The number of likely N-dealkylation sites (tertiary alicyclic amines) is 1. The summed E-state index contributed by atoms with van der Waals surface area (Å²) in [6.07, 6.45) is 2.41. The van der Waals surface area contributed by atoms with Crippen molar-refractivity contribution in [2.75, 3.05) is 19.6 Å². The minimum absolute atomic E-state index is 0.0230. The van der Waals surface area contributed by atoms with Gasteiger partial charge in [0.15, 0.2) is 0 Å². The van der Waals surface area contributed by atoms with Gasteiger partial charge in [-0.2, -0.15) is 0 Å². The Morgan fingerprint density at radius 2 is 2.06 bits per heavy atom. The van der Waals surface area contributed by atoms with E-state index in [1.807, 2.05) is 20.8 Å². The molecule has 2 amide bonds. The molecule has 5 heteroatoms. The van der Waals surface area contributed by atoms with Crippen molar-refractivity contribution in [3.63, 3.8) is 0 Å². The topological polar surface area (TPSA) is 75.4 Å². The molecule has 1 rings (SSSR count). The average Bonchev–Trinajstić information content (AvgIpc) is 2.71. The molecule has 0 aromatic heterocycles. The van der Waals surface area contributed by atoms with Crippen LogP contribution in [0.15, 0.2) is 0 Å². The first-order valence-electron chi connectivity index (χ1n) is 6.60. The van der Waals surface area contributed by atoms with Gasteiger partial charge in [0.1, 0.15) is 0 Å². The highest BCUT2D eigenvalue weighted by molar-refractivity contribution is 5.85. The van der Waals surface area contributed by atoms with Crippen LogP contribution < -0.4 is 11.1 Å². The summed E-state index contributed by atoms with van der Waals surface area (Å²) in [7, 11) is 0. The van der Waals surface area contributed by atoms with Gasteiger partial charge in [-0.15, -0.1) is 0 Å². The molecule has 0 bridgehead atoms. The van der Waals surface area contributed by atoms with Crippen molar-refractivity contribution in [3.8, 4) is 0 Å². The van der Waals surface area contributed by atoms with Crippen LogP contribution >= 0.6 is 0 Å². The highest BCUT2D eigenvalue weighted by atomic mass is 16.2. The van der Waals surface area contributed by atoms with E-state index < -0.39 is 0 Å². The summed E-state index contributed by atoms with van der Waals surface area (Å²) < 4.78 is 0. The second-order valence-corrected chi connectivity index (χ2v) is 6.13. The Kier molecular flexibility index (Phi) is 5.14. The van der Waals surface area contributed by atoms with Gasteiger partial charge in [-0.1, -0.05) is 20.8 Å². The molecule has 104 valence electrons. The lowest BCUT2D eigenvalue weighted by atomic mass is 9.92. The molecule has 0 radical (unpaired) electrons. The normalized spacial score (nSPS) is 20.0. The molecule has 1 fully saturated rings. The Morgan fingerprint density at radius 1 is 1.39 bits per heavy atom. The Labute approximate surface area is 109 Å². The van der Waals surface area contributed by atoms with Crippen molar-refractivity contribution >= 4 is 11.8 Å². The van der Waals surface area contributed by atoms with Crippen LogP contribution in [-0.2, 0) is 9.59 Å². The highest BCUT2D eigenvalue weighted by Crippen LogP contribution is 2.18. The molecule has 1 unspecified atom stereocenters. The first kappa shape index (κ1) is 15.0. The minimum atomic E-state index is -0.0701. The lowest BCUT2D eigenvalue weighted by Crippen LogP contribution is -2.45. The maximum atomic E-state index is 11.9. The van der Waals surface area contributed by atoms with Crippen LogP contribution in [0.3, 0.4) is 0 Å². The first-order chi connectivity index (χ1) is 8.33. The van der Waals surface area contributed by atoms with Gasteiger partial charge in [0.05, 0.1) is 6.54 Å². The van der Waals surface area contributed by atoms with Gasteiger partial charge in [-0.25, -0.2) is 0 Å². The number of carbonyl (C=O) groups excluding carboxylic acids is 2. The molecule has 18 heavy (non-hydrogen) atoms. The minimum Gasteiger partial charge on any atom is -0.347 e.